The molecule has 0 radical (unpaired) electrons. The van der Waals surface area contributed by atoms with E-state index >= 15 is 0 Å². The van der Waals surface area contributed by atoms with Crippen molar-refractivity contribution in [3.63, 3.8) is 0 Å². The molecule has 8 rings (SSSR count). The van der Waals surface area contributed by atoms with Crippen LogP contribution in [0.15, 0.2) is 146 Å². The first-order valence-electron chi connectivity index (χ1n) is 20.3. The zero-order valence-electron chi connectivity index (χ0n) is 33.8. The second kappa shape index (κ2) is 19.5. The third-order valence-electron chi connectivity index (χ3n) is 11.1. The van der Waals surface area contributed by atoms with Crippen molar-refractivity contribution in [2.75, 3.05) is 27.3 Å². The monoisotopic (exact) mass is 760 g/mol. The molecule has 294 valence electrons. The molecule has 6 aromatic carbocycles. The first kappa shape index (κ1) is 39.7. The van der Waals surface area contributed by atoms with E-state index in [2.05, 4.69) is 133 Å². The van der Waals surface area contributed by atoms with Gasteiger partial charge in [-0.2, -0.15) is 0 Å². The molecule has 57 heavy (non-hydrogen) atoms. The van der Waals surface area contributed by atoms with Gasteiger partial charge in [0.15, 0.2) is 0 Å². The van der Waals surface area contributed by atoms with Crippen LogP contribution in [0.2, 0.25) is 0 Å². The maximum atomic E-state index is 5.95. The van der Waals surface area contributed by atoms with E-state index in [1.165, 1.54) is 44.5 Å². The van der Waals surface area contributed by atoms with Crippen LogP contribution < -0.4 is 24.3 Å². The zero-order chi connectivity index (χ0) is 39.4. The van der Waals surface area contributed by atoms with E-state index in [1.807, 2.05) is 36.4 Å². The topological polar surface area (TPSA) is 52.2 Å². The van der Waals surface area contributed by atoms with Crippen LogP contribution in [0.4, 0.5) is 0 Å². The Kier molecular flexibility index (Phi) is 13.6. The molecule has 2 heterocycles. The van der Waals surface area contributed by atoms with Crippen LogP contribution in [0.3, 0.4) is 0 Å². The lowest BCUT2D eigenvalue weighted by molar-refractivity contribution is 0.141. The van der Waals surface area contributed by atoms with Crippen LogP contribution in [0.25, 0.3) is 0 Å². The van der Waals surface area contributed by atoms with Gasteiger partial charge in [0.2, 0.25) is 0 Å². The van der Waals surface area contributed by atoms with Crippen LogP contribution in [0.1, 0.15) is 70.4 Å². The molecule has 0 bridgehead atoms. The van der Waals surface area contributed by atoms with Crippen molar-refractivity contribution < 1.29 is 18.9 Å². The fourth-order valence-corrected chi connectivity index (χ4v) is 8.00. The molecule has 6 aromatic rings. The number of nitrogens with one attached hydrogen (secondary N) is 1. The van der Waals surface area contributed by atoms with Crippen molar-refractivity contribution in [1.29, 1.82) is 0 Å². The first-order chi connectivity index (χ1) is 27.9. The van der Waals surface area contributed by atoms with Crippen molar-refractivity contribution in [1.82, 2.24) is 10.2 Å². The van der Waals surface area contributed by atoms with Crippen LogP contribution in [0, 0.1) is 0 Å². The summed E-state index contributed by atoms with van der Waals surface area (Å²) in [7, 11) is 3.46. The van der Waals surface area contributed by atoms with E-state index in [4.69, 9.17) is 18.9 Å². The minimum absolute atomic E-state index is 0.343. The molecular weight excluding hydrogens is 705 g/mol. The average Bonchev–Trinajstić information content (AvgIpc) is 3.26. The van der Waals surface area contributed by atoms with Gasteiger partial charge in [0, 0.05) is 24.7 Å². The Morgan fingerprint density at radius 2 is 1.04 bits per heavy atom. The van der Waals surface area contributed by atoms with Gasteiger partial charge in [-0.1, -0.05) is 97.1 Å². The van der Waals surface area contributed by atoms with E-state index in [-0.39, 0.29) is 0 Å². The Balaban J connectivity index is 0.000000175. The van der Waals surface area contributed by atoms with E-state index in [0.717, 1.165) is 61.8 Å². The van der Waals surface area contributed by atoms with Gasteiger partial charge in [-0.3, -0.25) is 4.90 Å². The van der Waals surface area contributed by atoms with Crippen molar-refractivity contribution in [3.05, 3.63) is 190 Å². The van der Waals surface area contributed by atoms with Crippen LogP contribution in [0.5, 0.6) is 23.0 Å². The van der Waals surface area contributed by atoms with E-state index in [9.17, 15) is 0 Å². The number of ether oxygens (including phenoxy) is 4. The quantitative estimate of drug-likeness (QED) is 0.127. The summed E-state index contributed by atoms with van der Waals surface area (Å²) in [5.74, 6) is 3.71. The minimum atomic E-state index is 0.343. The summed E-state index contributed by atoms with van der Waals surface area (Å²) in [6.45, 7) is 7.87. The maximum absolute atomic E-state index is 5.95. The van der Waals surface area contributed by atoms with E-state index in [0.29, 0.717) is 31.3 Å². The van der Waals surface area contributed by atoms with Gasteiger partial charge in [-0.15, -0.1) is 0 Å². The van der Waals surface area contributed by atoms with Gasteiger partial charge in [-0.25, -0.2) is 0 Å². The van der Waals surface area contributed by atoms with Gasteiger partial charge in [0.05, 0.1) is 14.2 Å². The SMILES string of the molecule is COc1ccc2c(c1)CCN(C(C)C)C2Cc1ccc(OCc2ccccc2)cc1.COc1ccc2c(c1)CCNC2Cc1ccc(OCc2ccccc2)cc1. The van der Waals surface area contributed by atoms with Gasteiger partial charge in [0.25, 0.3) is 0 Å². The number of benzene rings is 6. The number of nitrogens with zero attached hydrogens (tertiary/aromatic N) is 1. The second-order valence-corrected chi connectivity index (χ2v) is 15.2. The molecule has 0 aliphatic carbocycles. The fourth-order valence-electron chi connectivity index (χ4n) is 8.00. The lowest BCUT2D eigenvalue weighted by Crippen LogP contribution is -2.41. The highest BCUT2D eigenvalue weighted by atomic mass is 16.5. The molecule has 2 unspecified atom stereocenters. The van der Waals surface area contributed by atoms with Gasteiger partial charge < -0.3 is 24.3 Å². The number of methoxy groups -OCH3 is 2. The molecule has 0 amide bonds. The van der Waals surface area contributed by atoms with Gasteiger partial charge in [-0.05, 0) is 139 Å². The highest BCUT2D eigenvalue weighted by Crippen LogP contribution is 2.36. The number of fused-ring (bicyclic) bond motifs is 2. The average molecular weight is 761 g/mol. The Morgan fingerprint density at radius 3 is 1.56 bits per heavy atom. The molecule has 0 fully saturated rings. The van der Waals surface area contributed by atoms with Crippen LogP contribution in [-0.2, 0) is 38.9 Å². The number of hydrogen-bond acceptors (Lipinski definition) is 6. The summed E-state index contributed by atoms with van der Waals surface area (Å²) in [6, 6.07) is 51.8. The normalized spacial score (nSPS) is 16.1. The Hall–Kier alpha value is -5.56. The number of rotatable bonds is 13. The molecular formula is C51H56N2O4. The second-order valence-electron chi connectivity index (χ2n) is 15.2. The van der Waals surface area contributed by atoms with Crippen molar-refractivity contribution in [2.24, 2.45) is 0 Å². The van der Waals surface area contributed by atoms with Gasteiger partial charge >= 0.3 is 0 Å². The number of hydrogen-bond donors (Lipinski definition) is 1. The summed E-state index contributed by atoms with van der Waals surface area (Å²) >= 11 is 0. The minimum Gasteiger partial charge on any atom is -0.497 e. The molecule has 0 spiro atoms. The predicted molar refractivity (Wildman–Crippen MR) is 231 cm³/mol. The highest BCUT2D eigenvalue weighted by molar-refractivity contribution is 5.42. The largest absolute Gasteiger partial charge is 0.497 e. The smallest absolute Gasteiger partial charge is 0.119 e. The Bertz CT molecular complexity index is 2140. The van der Waals surface area contributed by atoms with Gasteiger partial charge in [0.1, 0.15) is 36.2 Å². The molecule has 2 atom stereocenters. The first-order valence-corrected chi connectivity index (χ1v) is 20.3. The predicted octanol–water partition coefficient (Wildman–Crippen LogP) is 10.5. The molecule has 6 heteroatoms. The maximum Gasteiger partial charge on any atom is 0.119 e. The standard InChI is InChI=1S/C27H31NO2.C24H25NO2/c1-20(2)28-16-15-23-18-25(29-3)13-14-26(23)27(28)17-21-9-11-24(12-10-21)30-19-22-7-5-4-6-8-22;1-26-22-11-12-23-20(16-22)13-14-25-24(23)15-18-7-9-21(10-8-18)27-17-19-5-3-2-4-6-19/h4-14,18,20,27H,15-17,19H2,1-3H3;2-12,16,24-25H,13-15,17H2,1H3. The lowest BCUT2D eigenvalue weighted by atomic mass is 9.87. The lowest BCUT2D eigenvalue weighted by Gasteiger charge is -2.40. The highest BCUT2D eigenvalue weighted by Gasteiger charge is 2.29. The van der Waals surface area contributed by atoms with Crippen molar-refractivity contribution >= 4 is 0 Å². The Morgan fingerprint density at radius 1 is 0.544 bits per heavy atom. The third-order valence-corrected chi connectivity index (χ3v) is 11.1. The molecule has 6 nitrogen and oxygen atoms in total. The van der Waals surface area contributed by atoms with Crippen LogP contribution >= 0.6 is 0 Å². The van der Waals surface area contributed by atoms with E-state index in [1.54, 1.807) is 14.2 Å². The van der Waals surface area contributed by atoms with Crippen LogP contribution in [-0.4, -0.2) is 38.3 Å². The molecule has 2 aliphatic rings. The molecule has 1 N–H and O–H groups in total. The van der Waals surface area contributed by atoms with Crippen molar-refractivity contribution in [3.8, 4) is 23.0 Å². The van der Waals surface area contributed by atoms with Crippen molar-refractivity contribution in [2.45, 2.75) is 70.9 Å². The molecule has 0 saturated carbocycles. The Labute approximate surface area is 339 Å². The summed E-state index contributed by atoms with van der Waals surface area (Å²) < 4.78 is 22.7. The molecule has 0 aromatic heterocycles. The zero-order valence-corrected chi connectivity index (χ0v) is 33.8. The molecule has 2 aliphatic heterocycles. The summed E-state index contributed by atoms with van der Waals surface area (Å²) in [6.07, 6.45) is 4.09. The molecule has 0 saturated heterocycles. The fraction of sp³-hybridized carbons (Fsp3) is 0.294. The van der Waals surface area contributed by atoms with E-state index < -0.39 is 0 Å². The summed E-state index contributed by atoms with van der Waals surface area (Å²) in [5.41, 5.74) is 10.6. The summed E-state index contributed by atoms with van der Waals surface area (Å²) in [5, 5.41) is 3.65. The summed E-state index contributed by atoms with van der Waals surface area (Å²) in [4.78, 5) is 2.62. The third kappa shape index (κ3) is 10.6.